The Morgan fingerprint density at radius 1 is 1.00 bits per heavy atom. The first-order valence-corrected chi connectivity index (χ1v) is 14.3. The van der Waals surface area contributed by atoms with Gasteiger partial charge in [-0.25, -0.2) is 4.98 Å². The summed E-state index contributed by atoms with van der Waals surface area (Å²) in [4.78, 5) is 7.82. The van der Waals surface area contributed by atoms with Crippen molar-refractivity contribution < 1.29 is 14.6 Å². The number of phenols is 1. The number of phenolic OH excluding ortho intramolecular Hbond substituents is 1. The van der Waals surface area contributed by atoms with Crippen LogP contribution in [0.1, 0.15) is 29.5 Å². The van der Waals surface area contributed by atoms with Gasteiger partial charge in [0, 0.05) is 34.1 Å². The number of benzene rings is 3. The van der Waals surface area contributed by atoms with E-state index in [-0.39, 0.29) is 5.75 Å². The molecule has 1 aliphatic heterocycles. The lowest BCUT2D eigenvalue weighted by atomic mass is 9.97. The van der Waals surface area contributed by atoms with Crippen molar-refractivity contribution in [3.05, 3.63) is 96.1 Å². The van der Waals surface area contributed by atoms with Gasteiger partial charge in [0.15, 0.2) is 0 Å². The van der Waals surface area contributed by atoms with E-state index in [4.69, 9.17) is 9.47 Å². The molecule has 0 bridgehead atoms. The highest BCUT2D eigenvalue weighted by molar-refractivity contribution is 7.22. The first kappa shape index (κ1) is 25.5. The van der Waals surface area contributed by atoms with Crippen LogP contribution < -0.4 is 9.47 Å². The predicted molar refractivity (Wildman–Crippen MR) is 157 cm³/mol. The van der Waals surface area contributed by atoms with Crippen LogP contribution in [0.5, 0.6) is 17.2 Å². The highest BCUT2D eigenvalue weighted by Gasteiger charge is 2.17. The smallest absolute Gasteiger partial charge is 0.124 e. The molecule has 0 radical (unpaired) electrons. The van der Waals surface area contributed by atoms with Gasteiger partial charge in [-0.3, -0.25) is 4.90 Å². The topological polar surface area (TPSA) is 59.8 Å². The number of rotatable bonds is 10. The molecule has 0 spiro atoms. The molecule has 0 amide bonds. The third-order valence-electron chi connectivity index (χ3n) is 7.41. The average molecular weight is 540 g/mol. The van der Waals surface area contributed by atoms with Crippen LogP contribution in [-0.4, -0.2) is 52.9 Å². The molecular formula is C32H33N3O3S. The standard InChI is InChI=1S/C32H33N3O3S/c1-37-30-19-23(4-5-25(30)21-35-15-12-33-22-35)18-29-28-11-8-26(36)20-31(28)39-32(29)24-6-9-27(10-7-24)38-17-16-34-13-2-3-14-34/h4-12,15,19-20,22,36H,2-3,13-14,16-18,21H2,1H3. The molecule has 2 aromatic heterocycles. The zero-order valence-corrected chi connectivity index (χ0v) is 23.0. The Balaban J connectivity index is 1.26. The second kappa shape index (κ2) is 11.5. The summed E-state index contributed by atoms with van der Waals surface area (Å²) < 4.78 is 14.9. The van der Waals surface area contributed by atoms with Gasteiger partial charge in [0.05, 0.1) is 20.0 Å². The summed E-state index contributed by atoms with van der Waals surface area (Å²) in [5, 5.41) is 11.3. The fraction of sp³-hybridized carbons (Fsp3) is 0.281. The lowest BCUT2D eigenvalue weighted by molar-refractivity contribution is 0.238. The maximum absolute atomic E-state index is 10.2. The fourth-order valence-electron chi connectivity index (χ4n) is 5.36. The Hall–Kier alpha value is -3.81. The molecule has 0 atom stereocenters. The van der Waals surface area contributed by atoms with Crippen molar-refractivity contribution in [1.29, 1.82) is 0 Å². The fourth-order valence-corrected chi connectivity index (χ4v) is 6.62. The number of methoxy groups -OCH3 is 1. The van der Waals surface area contributed by atoms with Gasteiger partial charge in [0.25, 0.3) is 0 Å². The van der Waals surface area contributed by atoms with Crippen molar-refractivity contribution in [2.24, 2.45) is 0 Å². The van der Waals surface area contributed by atoms with Crippen molar-refractivity contribution >= 4 is 21.4 Å². The van der Waals surface area contributed by atoms with Crippen LogP contribution in [0.25, 0.3) is 20.5 Å². The summed E-state index contributed by atoms with van der Waals surface area (Å²) in [6.07, 6.45) is 8.91. The average Bonchev–Trinajstić information content (AvgIpc) is 3.72. The summed E-state index contributed by atoms with van der Waals surface area (Å²) in [6.45, 7) is 4.78. The molecule has 200 valence electrons. The van der Waals surface area contributed by atoms with E-state index in [1.165, 1.54) is 47.3 Å². The second-order valence-corrected chi connectivity index (χ2v) is 11.1. The van der Waals surface area contributed by atoms with Crippen LogP contribution >= 0.6 is 11.3 Å². The Morgan fingerprint density at radius 2 is 1.85 bits per heavy atom. The molecular weight excluding hydrogens is 506 g/mol. The molecule has 5 aromatic rings. The van der Waals surface area contributed by atoms with Crippen molar-refractivity contribution in [1.82, 2.24) is 14.5 Å². The molecule has 1 saturated heterocycles. The minimum Gasteiger partial charge on any atom is -0.508 e. The molecule has 0 unspecified atom stereocenters. The molecule has 7 heteroatoms. The zero-order valence-electron chi connectivity index (χ0n) is 22.2. The number of thiophene rings is 1. The van der Waals surface area contributed by atoms with E-state index in [0.717, 1.165) is 40.3 Å². The first-order valence-electron chi connectivity index (χ1n) is 13.5. The number of hydrogen-bond acceptors (Lipinski definition) is 6. The quantitative estimate of drug-likeness (QED) is 0.217. The summed E-state index contributed by atoms with van der Waals surface area (Å²) in [6, 6.07) is 20.5. The molecule has 1 fully saturated rings. The number of hydrogen-bond donors (Lipinski definition) is 1. The van der Waals surface area contributed by atoms with Crippen LogP contribution in [0.3, 0.4) is 0 Å². The van der Waals surface area contributed by atoms with Crippen molar-refractivity contribution in [2.75, 3.05) is 33.4 Å². The molecule has 1 N–H and O–H groups in total. The number of aromatic nitrogens is 2. The van der Waals surface area contributed by atoms with Gasteiger partial charge in [-0.05, 0) is 103 Å². The third kappa shape index (κ3) is 5.79. The Kier molecular flexibility index (Phi) is 7.52. The van der Waals surface area contributed by atoms with Crippen LogP contribution in [-0.2, 0) is 13.0 Å². The van der Waals surface area contributed by atoms with E-state index < -0.39 is 0 Å². The van der Waals surface area contributed by atoms with Crippen molar-refractivity contribution in [3.8, 4) is 27.7 Å². The molecule has 39 heavy (non-hydrogen) atoms. The van der Waals surface area contributed by atoms with Gasteiger partial charge in [-0.2, -0.15) is 0 Å². The van der Waals surface area contributed by atoms with E-state index in [1.807, 2.05) is 29.2 Å². The number of aromatic hydroxyl groups is 1. The molecule has 6 rings (SSSR count). The minimum atomic E-state index is 0.286. The highest BCUT2D eigenvalue weighted by atomic mass is 32.1. The van der Waals surface area contributed by atoms with E-state index in [0.29, 0.717) is 13.2 Å². The lowest BCUT2D eigenvalue weighted by Gasteiger charge is -2.15. The van der Waals surface area contributed by atoms with Gasteiger partial charge in [-0.15, -0.1) is 11.3 Å². The van der Waals surface area contributed by atoms with Crippen LogP contribution in [0.4, 0.5) is 0 Å². The summed E-state index contributed by atoms with van der Waals surface area (Å²) >= 11 is 1.72. The highest BCUT2D eigenvalue weighted by Crippen LogP contribution is 2.42. The van der Waals surface area contributed by atoms with Crippen molar-refractivity contribution in [2.45, 2.75) is 25.8 Å². The van der Waals surface area contributed by atoms with Crippen molar-refractivity contribution in [3.63, 3.8) is 0 Å². The monoisotopic (exact) mass is 539 g/mol. The third-order valence-corrected chi connectivity index (χ3v) is 8.66. The lowest BCUT2D eigenvalue weighted by Crippen LogP contribution is -2.25. The largest absolute Gasteiger partial charge is 0.508 e. The predicted octanol–water partition coefficient (Wildman–Crippen LogP) is 6.59. The molecule has 1 aliphatic rings. The number of imidazole rings is 1. The number of ether oxygens (including phenoxy) is 2. The van der Waals surface area contributed by atoms with Gasteiger partial charge in [0.2, 0.25) is 0 Å². The Bertz CT molecular complexity index is 1540. The molecule has 3 aromatic carbocycles. The van der Waals surface area contributed by atoms with Gasteiger partial charge in [-0.1, -0.05) is 12.1 Å². The molecule has 0 saturated carbocycles. The molecule has 6 nitrogen and oxygen atoms in total. The number of fused-ring (bicyclic) bond motifs is 1. The summed E-state index contributed by atoms with van der Waals surface area (Å²) in [5.74, 6) is 2.06. The van der Waals surface area contributed by atoms with E-state index in [1.54, 1.807) is 30.7 Å². The van der Waals surface area contributed by atoms with E-state index >= 15 is 0 Å². The summed E-state index contributed by atoms with van der Waals surface area (Å²) in [5.41, 5.74) is 4.69. The van der Waals surface area contributed by atoms with E-state index in [2.05, 4.69) is 52.3 Å². The Morgan fingerprint density at radius 3 is 2.62 bits per heavy atom. The molecule has 0 aliphatic carbocycles. The molecule has 3 heterocycles. The maximum Gasteiger partial charge on any atom is 0.124 e. The SMILES string of the molecule is COc1cc(Cc2c(-c3ccc(OCCN4CCCC4)cc3)sc3cc(O)ccc23)ccc1Cn1ccnc1. The van der Waals surface area contributed by atoms with Gasteiger partial charge >= 0.3 is 0 Å². The number of likely N-dealkylation sites (tertiary alicyclic amines) is 1. The van der Waals surface area contributed by atoms with Crippen LogP contribution in [0, 0.1) is 0 Å². The summed E-state index contributed by atoms with van der Waals surface area (Å²) in [7, 11) is 1.72. The Labute approximate surface area is 233 Å². The van der Waals surface area contributed by atoms with Gasteiger partial charge in [0.1, 0.15) is 23.9 Å². The minimum absolute atomic E-state index is 0.286. The first-order chi connectivity index (χ1) is 19.2. The van der Waals surface area contributed by atoms with E-state index in [9.17, 15) is 5.11 Å². The van der Waals surface area contributed by atoms with Crippen LogP contribution in [0.15, 0.2) is 79.4 Å². The van der Waals surface area contributed by atoms with Crippen LogP contribution in [0.2, 0.25) is 0 Å². The number of nitrogens with zero attached hydrogens (tertiary/aromatic N) is 3. The zero-order chi connectivity index (χ0) is 26.6. The van der Waals surface area contributed by atoms with Gasteiger partial charge < -0.3 is 19.1 Å². The normalized spacial score (nSPS) is 13.8. The maximum atomic E-state index is 10.2. The second-order valence-electron chi connectivity index (χ2n) is 10.1.